The fraction of sp³-hybridized carbons (Fsp3) is 0.633. The summed E-state index contributed by atoms with van der Waals surface area (Å²) in [6.07, 6.45) is 29.3. The van der Waals surface area contributed by atoms with E-state index in [2.05, 4.69) is 37.3 Å². The molecule has 1 aliphatic rings. The molecule has 170 valence electrons. The van der Waals surface area contributed by atoms with Crippen LogP contribution in [0.25, 0.3) is 0 Å². The average molecular weight is 420 g/mol. The Labute approximate surface area is 192 Å². The Morgan fingerprint density at radius 2 is 1.35 bits per heavy atom. The Morgan fingerprint density at radius 1 is 0.774 bits per heavy atom. The summed E-state index contributed by atoms with van der Waals surface area (Å²) in [6.45, 7) is 2.28. The lowest BCUT2D eigenvalue weighted by molar-refractivity contribution is 0.250. The van der Waals surface area contributed by atoms with Gasteiger partial charge >= 0.3 is 0 Å². The van der Waals surface area contributed by atoms with Gasteiger partial charge in [0.15, 0.2) is 0 Å². The molecule has 0 atom stereocenters. The SMILES string of the molecule is CCCCCCCc1ccc(CCCC[C@H]2CC[C@H](CCC=CC=CC#N)CC2)cc1. The van der Waals surface area contributed by atoms with Crippen LogP contribution in [0.2, 0.25) is 0 Å². The zero-order valence-corrected chi connectivity index (χ0v) is 20.0. The second kappa shape index (κ2) is 16.8. The second-order valence-electron chi connectivity index (χ2n) is 9.61. The maximum atomic E-state index is 8.47. The molecule has 0 saturated heterocycles. The first kappa shape index (κ1) is 25.5. The number of rotatable bonds is 15. The Morgan fingerprint density at radius 3 is 1.97 bits per heavy atom. The van der Waals surface area contributed by atoms with Crippen molar-refractivity contribution in [2.24, 2.45) is 11.8 Å². The van der Waals surface area contributed by atoms with E-state index in [1.54, 1.807) is 0 Å². The van der Waals surface area contributed by atoms with Crippen molar-refractivity contribution in [1.82, 2.24) is 0 Å². The van der Waals surface area contributed by atoms with Crippen molar-refractivity contribution in [2.75, 3.05) is 0 Å². The van der Waals surface area contributed by atoms with Crippen molar-refractivity contribution >= 4 is 0 Å². The summed E-state index contributed by atoms with van der Waals surface area (Å²) in [5.74, 6) is 1.89. The lowest BCUT2D eigenvalue weighted by Crippen LogP contribution is -2.14. The topological polar surface area (TPSA) is 23.8 Å². The molecule has 0 bridgehead atoms. The smallest absolute Gasteiger partial charge is 0.0912 e. The molecule has 0 spiro atoms. The number of benzene rings is 1. The minimum atomic E-state index is 0.922. The summed E-state index contributed by atoms with van der Waals surface area (Å²) in [7, 11) is 0. The van der Waals surface area contributed by atoms with E-state index in [0.717, 1.165) is 18.3 Å². The van der Waals surface area contributed by atoms with Gasteiger partial charge in [0.25, 0.3) is 0 Å². The molecule has 1 nitrogen and oxygen atoms in total. The molecule has 0 radical (unpaired) electrons. The molecule has 0 aliphatic heterocycles. The van der Waals surface area contributed by atoms with Gasteiger partial charge in [-0.15, -0.1) is 0 Å². The van der Waals surface area contributed by atoms with Gasteiger partial charge < -0.3 is 0 Å². The summed E-state index contributed by atoms with van der Waals surface area (Å²) in [4.78, 5) is 0. The molecule has 1 aliphatic carbocycles. The number of nitrogens with zero attached hydrogens (tertiary/aromatic N) is 1. The first-order valence-electron chi connectivity index (χ1n) is 13.1. The molecular formula is C30H45N. The number of hydrogen-bond donors (Lipinski definition) is 0. The van der Waals surface area contributed by atoms with E-state index >= 15 is 0 Å². The van der Waals surface area contributed by atoms with E-state index in [0.29, 0.717) is 0 Å². The van der Waals surface area contributed by atoms with Gasteiger partial charge in [-0.25, -0.2) is 0 Å². The minimum Gasteiger partial charge on any atom is -0.193 e. The average Bonchev–Trinajstić information content (AvgIpc) is 2.81. The Hall–Kier alpha value is -1.81. The molecule has 1 heteroatoms. The van der Waals surface area contributed by atoms with Crippen LogP contribution in [-0.4, -0.2) is 0 Å². The van der Waals surface area contributed by atoms with E-state index in [9.17, 15) is 0 Å². The van der Waals surface area contributed by atoms with E-state index in [4.69, 9.17) is 5.26 Å². The number of allylic oxidation sites excluding steroid dienone is 4. The highest BCUT2D eigenvalue weighted by Crippen LogP contribution is 2.34. The van der Waals surface area contributed by atoms with Gasteiger partial charge in [0.05, 0.1) is 6.07 Å². The number of hydrogen-bond acceptors (Lipinski definition) is 1. The first-order valence-corrected chi connectivity index (χ1v) is 13.1. The van der Waals surface area contributed by atoms with Crippen LogP contribution in [0.3, 0.4) is 0 Å². The van der Waals surface area contributed by atoms with Crippen LogP contribution in [0.5, 0.6) is 0 Å². The molecule has 1 aromatic rings. The highest BCUT2D eigenvalue weighted by molar-refractivity contribution is 5.22. The highest BCUT2D eigenvalue weighted by atomic mass is 14.3. The lowest BCUT2D eigenvalue weighted by Gasteiger charge is -2.28. The Kier molecular flexibility index (Phi) is 13.8. The van der Waals surface area contributed by atoms with E-state index in [1.165, 1.54) is 114 Å². The number of unbranched alkanes of at least 4 members (excludes halogenated alkanes) is 5. The summed E-state index contributed by atoms with van der Waals surface area (Å²) < 4.78 is 0. The van der Waals surface area contributed by atoms with Crippen LogP contribution in [-0.2, 0) is 12.8 Å². The maximum Gasteiger partial charge on any atom is 0.0912 e. The predicted octanol–water partition coefficient (Wildman–Crippen LogP) is 9.13. The predicted molar refractivity (Wildman–Crippen MR) is 135 cm³/mol. The molecule has 31 heavy (non-hydrogen) atoms. The number of nitriles is 1. The third kappa shape index (κ3) is 12.0. The van der Waals surface area contributed by atoms with Gasteiger partial charge in [0, 0.05) is 6.08 Å². The summed E-state index contributed by atoms with van der Waals surface area (Å²) in [5, 5.41) is 8.47. The van der Waals surface area contributed by atoms with Crippen LogP contribution in [0.4, 0.5) is 0 Å². The third-order valence-electron chi connectivity index (χ3n) is 7.05. The molecule has 0 heterocycles. The van der Waals surface area contributed by atoms with Gasteiger partial charge in [-0.1, -0.05) is 114 Å². The van der Waals surface area contributed by atoms with Gasteiger partial charge in [0.1, 0.15) is 0 Å². The van der Waals surface area contributed by atoms with E-state index < -0.39 is 0 Å². The minimum absolute atomic E-state index is 0.922. The highest BCUT2D eigenvalue weighted by Gasteiger charge is 2.20. The Bertz CT molecular complexity index is 653. The van der Waals surface area contributed by atoms with Crippen molar-refractivity contribution in [2.45, 2.75) is 110 Å². The molecule has 1 aromatic carbocycles. The normalized spacial score (nSPS) is 19.2. The summed E-state index contributed by atoms with van der Waals surface area (Å²) >= 11 is 0. The van der Waals surface area contributed by atoms with Crippen LogP contribution in [0.1, 0.15) is 108 Å². The molecule has 2 rings (SSSR count). The molecule has 0 aromatic heterocycles. The molecule has 1 fully saturated rings. The summed E-state index contributed by atoms with van der Waals surface area (Å²) in [5.41, 5.74) is 3.04. The van der Waals surface area contributed by atoms with Crippen LogP contribution in [0.15, 0.2) is 48.6 Å². The molecule has 0 unspecified atom stereocenters. The van der Waals surface area contributed by atoms with Gasteiger partial charge in [-0.05, 0) is 61.5 Å². The van der Waals surface area contributed by atoms with Crippen LogP contribution >= 0.6 is 0 Å². The molecule has 0 amide bonds. The van der Waals surface area contributed by atoms with Crippen molar-refractivity contribution in [1.29, 1.82) is 5.26 Å². The number of aryl methyl sites for hydroxylation is 2. The maximum absolute atomic E-state index is 8.47. The Balaban J connectivity index is 1.50. The van der Waals surface area contributed by atoms with Crippen molar-refractivity contribution in [3.63, 3.8) is 0 Å². The quantitative estimate of drug-likeness (QED) is 0.158. The van der Waals surface area contributed by atoms with E-state index in [-0.39, 0.29) is 0 Å². The van der Waals surface area contributed by atoms with Gasteiger partial charge in [-0.3, -0.25) is 0 Å². The standard InChI is InChI=1S/C30H45N/c1-2-3-4-6-9-14-27-18-22-29(23-19-27)16-11-12-17-30-24-20-28(21-25-30)15-10-7-5-8-13-26-31/h5,7-8,13,18-19,22-23,28,30H,2-4,6,9-12,14-17,20-21,24-25H2,1H3/t28-,30-. The first-order chi connectivity index (χ1) is 15.3. The van der Waals surface area contributed by atoms with Crippen molar-refractivity contribution in [3.8, 4) is 6.07 Å². The molecular weight excluding hydrogens is 374 g/mol. The monoisotopic (exact) mass is 419 g/mol. The fourth-order valence-electron chi connectivity index (χ4n) is 4.98. The second-order valence-corrected chi connectivity index (χ2v) is 9.61. The third-order valence-corrected chi connectivity index (χ3v) is 7.05. The summed E-state index contributed by atoms with van der Waals surface area (Å²) in [6, 6.07) is 11.5. The zero-order valence-electron chi connectivity index (χ0n) is 20.0. The lowest BCUT2D eigenvalue weighted by atomic mass is 9.78. The van der Waals surface area contributed by atoms with E-state index in [1.807, 2.05) is 18.2 Å². The zero-order chi connectivity index (χ0) is 22.0. The van der Waals surface area contributed by atoms with Crippen molar-refractivity contribution < 1.29 is 0 Å². The van der Waals surface area contributed by atoms with Crippen LogP contribution in [0, 0.1) is 23.2 Å². The largest absolute Gasteiger partial charge is 0.193 e. The van der Waals surface area contributed by atoms with Gasteiger partial charge in [-0.2, -0.15) is 5.26 Å². The molecule has 1 saturated carbocycles. The fourth-order valence-corrected chi connectivity index (χ4v) is 4.98. The molecule has 0 N–H and O–H groups in total. The van der Waals surface area contributed by atoms with Gasteiger partial charge in [0.2, 0.25) is 0 Å². The van der Waals surface area contributed by atoms with Crippen LogP contribution < -0.4 is 0 Å². The van der Waals surface area contributed by atoms with Crippen molar-refractivity contribution in [3.05, 3.63) is 59.7 Å².